The molecule has 0 atom stereocenters. The molecule has 0 saturated heterocycles. The summed E-state index contributed by atoms with van der Waals surface area (Å²) >= 11 is 0. The molecular weight excluding hydrogens is 376 g/mol. The molecular formula is C17H24N2O7S. The second kappa shape index (κ2) is 10.0. The first-order valence-electron chi connectivity index (χ1n) is 8.09. The Morgan fingerprint density at radius 3 is 2.04 bits per heavy atom. The summed E-state index contributed by atoms with van der Waals surface area (Å²) in [5.74, 6) is -2.00. The van der Waals surface area contributed by atoms with Gasteiger partial charge in [0, 0.05) is 13.0 Å². The number of benzene rings is 1. The Balaban J connectivity index is 2.72. The minimum Gasteiger partial charge on any atom is -0.468 e. The standard InChI is InChI=1S/C17H24N2O7S/c1-12-5-6-14(9-13(12)2)27(23,24)18-8-7-15(20)19(10-16(21)25-3)11-17(22)26-4/h5-6,9,18H,7-8,10-11H2,1-4H3. The van der Waals surface area contributed by atoms with E-state index in [1.54, 1.807) is 19.1 Å². The van der Waals surface area contributed by atoms with Gasteiger partial charge < -0.3 is 14.4 Å². The number of sulfonamides is 1. The molecule has 1 aromatic carbocycles. The molecule has 0 radical (unpaired) electrons. The van der Waals surface area contributed by atoms with Crippen molar-refractivity contribution in [3.05, 3.63) is 29.3 Å². The van der Waals surface area contributed by atoms with Gasteiger partial charge in [-0.1, -0.05) is 6.07 Å². The average molecular weight is 400 g/mol. The highest BCUT2D eigenvalue weighted by atomic mass is 32.2. The zero-order valence-corrected chi connectivity index (χ0v) is 16.6. The maximum atomic E-state index is 12.3. The summed E-state index contributed by atoms with van der Waals surface area (Å²) in [5, 5.41) is 0. The summed E-state index contributed by atoms with van der Waals surface area (Å²) < 4.78 is 35.9. The molecule has 0 spiro atoms. The number of esters is 2. The molecule has 10 heteroatoms. The van der Waals surface area contributed by atoms with Gasteiger partial charge in [0.15, 0.2) is 0 Å². The molecule has 9 nitrogen and oxygen atoms in total. The van der Waals surface area contributed by atoms with Crippen LogP contribution in [0.3, 0.4) is 0 Å². The Kier molecular flexibility index (Phi) is 8.38. The van der Waals surface area contributed by atoms with E-state index in [0.29, 0.717) is 0 Å². The molecule has 0 unspecified atom stereocenters. The van der Waals surface area contributed by atoms with Gasteiger partial charge in [-0.15, -0.1) is 0 Å². The topological polar surface area (TPSA) is 119 Å². The summed E-state index contributed by atoms with van der Waals surface area (Å²) in [7, 11) is -1.47. The molecule has 1 rings (SSSR count). The van der Waals surface area contributed by atoms with Gasteiger partial charge in [-0.3, -0.25) is 14.4 Å². The van der Waals surface area contributed by atoms with Gasteiger partial charge in [-0.25, -0.2) is 13.1 Å². The summed E-state index contributed by atoms with van der Waals surface area (Å²) in [5.41, 5.74) is 1.79. The summed E-state index contributed by atoms with van der Waals surface area (Å²) in [4.78, 5) is 36.1. The summed E-state index contributed by atoms with van der Waals surface area (Å²) in [6.07, 6.45) is -0.238. The van der Waals surface area contributed by atoms with Crippen molar-refractivity contribution in [2.75, 3.05) is 33.9 Å². The van der Waals surface area contributed by atoms with Crippen LogP contribution in [0.5, 0.6) is 0 Å². The van der Waals surface area contributed by atoms with Crippen molar-refractivity contribution >= 4 is 27.9 Å². The van der Waals surface area contributed by atoms with Crippen molar-refractivity contribution in [2.24, 2.45) is 0 Å². The molecule has 1 amide bonds. The molecule has 0 aromatic heterocycles. The van der Waals surface area contributed by atoms with Gasteiger partial charge in [-0.05, 0) is 37.1 Å². The van der Waals surface area contributed by atoms with Crippen LogP contribution < -0.4 is 4.72 Å². The van der Waals surface area contributed by atoms with E-state index in [0.717, 1.165) is 30.2 Å². The fourth-order valence-electron chi connectivity index (χ4n) is 2.09. The van der Waals surface area contributed by atoms with Gasteiger partial charge in [0.05, 0.1) is 19.1 Å². The lowest BCUT2D eigenvalue weighted by molar-refractivity contribution is -0.152. The lowest BCUT2D eigenvalue weighted by Gasteiger charge is -2.20. The summed E-state index contributed by atoms with van der Waals surface area (Å²) in [6, 6.07) is 4.72. The van der Waals surface area contributed by atoms with Crippen LogP contribution in [-0.2, 0) is 33.9 Å². The molecule has 1 aromatic rings. The van der Waals surface area contributed by atoms with E-state index in [2.05, 4.69) is 14.2 Å². The highest BCUT2D eigenvalue weighted by molar-refractivity contribution is 7.89. The molecule has 0 bridgehead atoms. The number of methoxy groups -OCH3 is 2. The number of rotatable bonds is 9. The Labute approximate surface area is 158 Å². The third kappa shape index (κ3) is 6.99. The van der Waals surface area contributed by atoms with E-state index in [4.69, 9.17) is 0 Å². The number of carbonyl (C=O) groups is 3. The van der Waals surface area contributed by atoms with Crippen molar-refractivity contribution in [3.8, 4) is 0 Å². The van der Waals surface area contributed by atoms with Crippen LogP contribution in [0.1, 0.15) is 17.5 Å². The molecule has 0 fully saturated rings. The van der Waals surface area contributed by atoms with E-state index in [1.165, 1.54) is 6.07 Å². The van der Waals surface area contributed by atoms with E-state index in [9.17, 15) is 22.8 Å². The molecule has 0 saturated carbocycles. The number of amides is 1. The first kappa shape index (κ1) is 22.6. The number of hydrogen-bond donors (Lipinski definition) is 1. The molecule has 150 valence electrons. The smallest absolute Gasteiger partial charge is 0.325 e. The number of ether oxygens (including phenoxy) is 2. The minimum absolute atomic E-state index is 0.0963. The number of aryl methyl sites for hydroxylation is 2. The number of carbonyl (C=O) groups excluding carboxylic acids is 3. The molecule has 0 aliphatic rings. The van der Waals surface area contributed by atoms with Crippen LogP contribution in [0.25, 0.3) is 0 Å². The van der Waals surface area contributed by atoms with Crippen LogP contribution in [0.4, 0.5) is 0 Å². The lowest BCUT2D eigenvalue weighted by atomic mass is 10.1. The van der Waals surface area contributed by atoms with Crippen LogP contribution >= 0.6 is 0 Å². The Morgan fingerprint density at radius 2 is 1.56 bits per heavy atom. The maximum Gasteiger partial charge on any atom is 0.325 e. The van der Waals surface area contributed by atoms with Crippen LogP contribution in [0.2, 0.25) is 0 Å². The molecule has 0 aliphatic carbocycles. The third-order valence-corrected chi connectivity index (χ3v) is 5.33. The van der Waals surface area contributed by atoms with Gasteiger partial charge in [0.2, 0.25) is 15.9 Å². The van der Waals surface area contributed by atoms with Gasteiger partial charge in [0.1, 0.15) is 13.1 Å². The average Bonchev–Trinajstić information content (AvgIpc) is 2.62. The van der Waals surface area contributed by atoms with Crippen LogP contribution in [0, 0.1) is 13.8 Å². The predicted octanol–water partition coefficient (Wildman–Crippen LogP) is 0.146. The normalized spacial score (nSPS) is 11.0. The molecule has 0 heterocycles. The zero-order valence-electron chi connectivity index (χ0n) is 15.8. The van der Waals surface area contributed by atoms with E-state index in [-0.39, 0.29) is 17.9 Å². The van der Waals surface area contributed by atoms with Crippen LogP contribution in [-0.4, -0.2) is 65.0 Å². The van der Waals surface area contributed by atoms with Crippen LogP contribution in [0.15, 0.2) is 23.1 Å². The SMILES string of the molecule is COC(=O)CN(CC(=O)OC)C(=O)CCNS(=O)(=O)c1ccc(C)c(C)c1. The lowest BCUT2D eigenvalue weighted by Crippen LogP contribution is -2.41. The second-order valence-electron chi connectivity index (χ2n) is 5.80. The molecule has 0 aliphatic heterocycles. The first-order valence-corrected chi connectivity index (χ1v) is 9.57. The largest absolute Gasteiger partial charge is 0.468 e. The highest BCUT2D eigenvalue weighted by Gasteiger charge is 2.22. The Bertz CT molecular complexity index is 787. The van der Waals surface area contributed by atoms with Gasteiger partial charge >= 0.3 is 11.9 Å². The highest BCUT2D eigenvalue weighted by Crippen LogP contribution is 2.14. The fraction of sp³-hybridized carbons (Fsp3) is 0.471. The minimum atomic E-state index is -3.78. The number of nitrogens with one attached hydrogen (secondary N) is 1. The van der Waals surface area contributed by atoms with E-state index < -0.39 is 41.0 Å². The van der Waals surface area contributed by atoms with Crippen molar-refractivity contribution in [3.63, 3.8) is 0 Å². The van der Waals surface area contributed by atoms with Gasteiger partial charge in [-0.2, -0.15) is 0 Å². The maximum absolute atomic E-state index is 12.3. The van der Waals surface area contributed by atoms with Crippen molar-refractivity contribution in [1.82, 2.24) is 9.62 Å². The number of nitrogens with zero attached hydrogens (tertiary/aromatic N) is 1. The quantitative estimate of drug-likeness (QED) is 0.586. The Morgan fingerprint density at radius 1 is 1.00 bits per heavy atom. The monoisotopic (exact) mass is 400 g/mol. The third-order valence-electron chi connectivity index (χ3n) is 3.87. The van der Waals surface area contributed by atoms with E-state index in [1.807, 2.05) is 6.92 Å². The van der Waals surface area contributed by atoms with Crippen molar-refractivity contribution in [2.45, 2.75) is 25.2 Å². The van der Waals surface area contributed by atoms with Gasteiger partial charge in [0.25, 0.3) is 0 Å². The zero-order chi connectivity index (χ0) is 20.6. The van der Waals surface area contributed by atoms with E-state index >= 15 is 0 Å². The predicted molar refractivity (Wildman–Crippen MR) is 96.3 cm³/mol. The molecule has 27 heavy (non-hydrogen) atoms. The molecule has 1 N–H and O–H groups in total. The van der Waals surface area contributed by atoms with Crippen molar-refractivity contribution < 1.29 is 32.3 Å². The summed E-state index contributed by atoms with van der Waals surface area (Å²) in [6.45, 7) is 2.61. The van der Waals surface area contributed by atoms with Crippen molar-refractivity contribution in [1.29, 1.82) is 0 Å². The number of hydrogen-bond acceptors (Lipinski definition) is 7. The second-order valence-corrected chi connectivity index (χ2v) is 7.56. The first-order chi connectivity index (χ1) is 12.6. The fourth-order valence-corrected chi connectivity index (χ4v) is 3.20. The Hall–Kier alpha value is -2.46.